The Morgan fingerprint density at radius 1 is 1.07 bits per heavy atom. The van der Waals surface area contributed by atoms with Gasteiger partial charge in [-0.05, 0) is 20.8 Å². The van der Waals surface area contributed by atoms with Crippen LogP contribution in [0.1, 0.15) is 20.8 Å². The van der Waals surface area contributed by atoms with Crippen LogP contribution in [-0.2, 0) is 28.6 Å². The summed E-state index contributed by atoms with van der Waals surface area (Å²) < 4.78 is 63.4. The number of rotatable bonds is 12. The minimum Gasteiger partial charge on any atom is -0.461 e. The zero-order chi connectivity index (χ0) is 21.3. The summed E-state index contributed by atoms with van der Waals surface area (Å²) in [5.41, 5.74) is -1.07. The normalized spacial score (nSPS) is 11.9. The Hall–Kier alpha value is -1.78. The molecule has 0 aliphatic rings. The first-order chi connectivity index (χ1) is 12.3. The predicted molar refractivity (Wildman–Crippen MR) is 89.7 cm³/mol. The SMILES string of the molecule is C=C(C)C(=O)OCCOC(=O)CSCC(C)(C)C(=O)OCC(F)(F)C(F)F. The maximum atomic E-state index is 12.8. The zero-order valence-corrected chi connectivity index (χ0v) is 16.0. The van der Waals surface area contributed by atoms with E-state index in [0.29, 0.717) is 0 Å². The van der Waals surface area contributed by atoms with E-state index < -0.39 is 42.3 Å². The van der Waals surface area contributed by atoms with E-state index in [4.69, 9.17) is 9.47 Å². The Labute approximate surface area is 158 Å². The molecule has 0 radical (unpaired) electrons. The molecule has 0 saturated carbocycles. The summed E-state index contributed by atoms with van der Waals surface area (Å²) >= 11 is 0.973. The molecule has 0 aromatic carbocycles. The lowest BCUT2D eigenvalue weighted by Crippen LogP contribution is -2.37. The molecule has 27 heavy (non-hydrogen) atoms. The van der Waals surface area contributed by atoms with Crippen LogP contribution >= 0.6 is 11.8 Å². The number of hydrogen-bond acceptors (Lipinski definition) is 7. The minimum atomic E-state index is -4.42. The first-order valence-electron chi connectivity index (χ1n) is 7.69. The molecule has 6 nitrogen and oxygen atoms in total. The van der Waals surface area contributed by atoms with E-state index in [2.05, 4.69) is 11.3 Å². The van der Waals surface area contributed by atoms with Crippen LogP contribution < -0.4 is 0 Å². The molecule has 0 spiro atoms. The second-order valence-electron chi connectivity index (χ2n) is 6.15. The Morgan fingerprint density at radius 2 is 1.63 bits per heavy atom. The topological polar surface area (TPSA) is 78.9 Å². The van der Waals surface area contributed by atoms with E-state index in [1.807, 2.05) is 0 Å². The van der Waals surface area contributed by atoms with Crippen molar-refractivity contribution < 1.29 is 46.2 Å². The number of esters is 3. The lowest BCUT2D eigenvalue weighted by atomic mass is 9.97. The number of carbonyl (C=O) groups excluding carboxylic acids is 3. The maximum Gasteiger partial charge on any atom is 0.340 e. The number of hydrogen-bond donors (Lipinski definition) is 0. The molecule has 0 aromatic rings. The van der Waals surface area contributed by atoms with Crippen molar-refractivity contribution in [1.29, 1.82) is 0 Å². The summed E-state index contributed by atoms with van der Waals surface area (Å²) in [6.45, 7) is 5.56. The molecular formula is C16H22F4O6S. The first-order valence-corrected chi connectivity index (χ1v) is 8.84. The molecule has 0 bridgehead atoms. The number of carbonyl (C=O) groups is 3. The smallest absolute Gasteiger partial charge is 0.340 e. The number of alkyl halides is 4. The second kappa shape index (κ2) is 11.2. The Balaban J connectivity index is 4.12. The van der Waals surface area contributed by atoms with Gasteiger partial charge in [0.1, 0.15) is 13.2 Å². The third-order valence-electron chi connectivity index (χ3n) is 2.88. The van der Waals surface area contributed by atoms with Gasteiger partial charge in [-0.1, -0.05) is 6.58 Å². The third kappa shape index (κ3) is 10.2. The average Bonchev–Trinajstić information content (AvgIpc) is 2.55. The fraction of sp³-hybridized carbons (Fsp3) is 0.688. The Kier molecular flexibility index (Phi) is 10.4. The van der Waals surface area contributed by atoms with E-state index in [0.717, 1.165) is 11.8 Å². The van der Waals surface area contributed by atoms with E-state index in [1.165, 1.54) is 20.8 Å². The van der Waals surface area contributed by atoms with Crippen molar-refractivity contribution in [3.8, 4) is 0 Å². The van der Waals surface area contributed by atoms with E-state index in [-0.39, 0.29) is 30.3 Å². The van der Waals surface area contributed by atoms with E-state index in [9.17, 15) is 31.9 Å². The quantitative estimate of drug-likeness (QED) is 0.159. The molecule has 0 aliphatic carbocycles. The summed E-state index contributed by atoms with van der Waals surface area (Å²) in [5, 5.41) is 0. The van der Waals surface area contributed by atoms with Crippen LogP contribution in [-0.4, -0.2) is 61.6 Å². The van der Waals surface area contributed by atoms with Crippen molar-refractivity contribution in [3.05, 3.63) is 12.2 Å². The fourth-order valence-electron chi connectivity index (χ4n) is 1.32. The van der Waals surface area contributed by atoms with Gasteiger partial charge in [0.15, 0.2) is 6.61 Å². The molecule has 0 heterocycles. The Morgan fingerprint density at radius 3 is 2.15 bits per heavy atom. The molecule has 0 rings (SSSR count). The number of ether oxygens (including phenoxy) is 3. The van der Waals surface area contributed by atoms with Crippen LogP contribution in [0.25, 0.3) is 0 Å². The zero-order valence-electron chi connectivity index (χ0n) is 15.2. The second-order valence-corrected chi connectivity index (χ2v) is 7.14. The van der Waals surface area contributed by atoms with Gasteiger partial charge in [0, 0.05) is 11.3 Å². The van der Waals surface area contributed by atoms with Crippen molar-refractivity contribution >= 4 is 29.7 Å². The highest BCUT2D eigenvalue weighted by Crippen LogP contribution is 2.27. The van der Waals surface area contributed by atoms with Gasteiger partial charge >= 0.3 is 30.3 Å². The lowest BCUT2D eigenvalue weighted by Gasteiger charge is -2.23. The number of halogens is 4. The highest BCUT2D eigenvalue weighted by molar-refractivity contribution is 7.99. The molecule has 0 N–H and O–H groups in total. The van der Waals surface area contributed by atoms with Crippen LogP contribution in [0.3, 0.4) is 0 Å². The van der Waals surface area contributed by atoms with Gasteiger partial charge in [-0.25, -0.2) is 13.6 Å². The van der Waals surface area contributed by atoms with Gasteiger partial charge in [-0.3, -0.25) is 9.59 Å². The van der Waals surface area contributed by atoms with Crippen LogP contribution in [0, 0.1) is 5.41 Å². The van der Waals surface area contributed by atoms with Crippen molar-refractivity contribution in [2.24, 2.45) is 5.41 Å². The fourth-order valence-corrected chi connectivity index (χ4v) is 2.30. The summed E-state index contributed by atoms with van der Waals surface area (Å²) in [7, 11) is 0. The van der Waals surface area contributed by atoms with Gasteiger partial charge in [-0.2, -0.15) is 8.78 Å². The van der Waals surface area contributed by atoms with Gasteiger partial charge in [0.05, 0.1) is 11.2 Å². The molecule has 0 unspecified atom stereocenters. The molecule has 0 saturated heterocycles. The molecule has 11 heteroatoms. The average molecular weight is 418 g/mol. The first kappa shape index (κ1) is 25.2. The van der Waals surface area contributed by atoms with Crippen LogP contribution in [0.5, 0.6) is 0 Å². The maximum absolute atomic E-state index is 12.8. The van der Waals surface area contributed by atoms with Gasteiger partial charge in [0.2, 0.25) is 0 Å². The Bertz CT molecular complexity index is 551. The van der Waals surface area contributed by atoms with Crippen molar-refractivity contribution in [3.63, 3.8) is 0 Å². The lowest BCUT2D eigenvalue weighted by molar-refractivity contribution is -0.185. The highest BCUT2D eigenvalue weighted by Gasteiger charge is 2.43. The summed E-state index contributed by atoms with van der Waals surface area (Å²) in [4.78, 5) is 34.4. The summed E-state index contributed by atoms with van der Waals surface area (Å²) in [6, 6.07) is 0. The highest BCUT2D eigenvalue weighted by atomic mass is 32.2. The minimum absolute atomic E-state index is 0.00578. The van der Waals surface area contributed by atoms with Crippen LogP contribution in [0.2, 0.25) is 0 Å². The molecule has 0 fully saturated rings. The molecule has 0 amide bonds. The molecule has 0 aromatic heterocycles. The molecule has 156 valence electrons. The van der Waals surface area contributed by atoms with Gasteiger partial charge in [0.25, 0.3) is 0 Å². The molecule has 0 atom stereocenters. The van der Waals surface area contributed by atoms with Crippen molar-refractivity contribution in [1.82, 2.24) is 0 Å². The van der Waals surface area contributed by atoms with E-state index in [1.54, 1.807) is 0 Å². The third-order valence-corrected chi connectivity index (χ3v) is 4.24. The standard InChI is InChI=1S/C16H22F4O6S/c1-10(2)12(22)25-6-5-24-11(21)7-27-9-15(3,4)14(23)26-8-16(19,20)13(17)18/h13H,1,5-9H2,2-4H3. The molecular weight excluding hydrogens is 396 g/mol. The van der Waals surface area contributed by atoms with Gasteiger partial charge < -0.3 is 14.2 Å². The number of thioether (sulfide) groups is 1. The molecule has 0 aliphatic heterocycles. The monoisotopic (exact) mass is 418 g/mol. The van der Waals surface area contributed by atoms with Gasteiger partial charge in [-0.15, -0.1) is 11.8 Å². The summed E-state index contributed by atoms with van der Waals surface area (Å²) in [5.74, 6) is -6.91. The van der Waals surface area contributed by atoms with E-state index >= 15 is 0 Å². The largest absolute Gasteiger partial charge is 0.461 e. The summed E-state index contributed by atoms with van der Waals surface area (Å²) in [6.07, 6.45) is -3.94. The van der Waals surface area contributed by atoms with Crippen LogP contribution in [0.4, 0.5) is 17.6 Å². The van der Waals surface area contributed by atoms with Crippen LogP contribution in [0.15, 0.2) is 12.2 Å². The van der Waals surface area contributed by atoms with Crippen molar-refractivity contribution in [2.45, 2.75) is 33.1 Å². The predicted octanol–water partition coefficient (Wildman–Crippen LogP) is 2.85. The van der Waals surface area contributed by atoms with Crippen molar-refractivity contribution in [2.75, 3.05) is 31.3 Å².